The Kier molecular flexibility index (Phi) is 2.37. The van der Waals surface area contributed by atoms with Crippen LogP contribution in [0.4, 0.5) is 5.69 Å². The van der Waals surface area contributed by atoms with Gasteiger partial charge in [-0.3, -0.25) is 14.6 Å². The second-order valence-corrected chi connectivity index (χ2v) is 3.44. The normalized spacial score (nSPS) is 15.7. The molecule has 0 aromatic carbocycles. The van der Waals surface area contributed by atoms with Gasteiger partial charge in [0.05, 0.1) is 17.4 Å². The zero-order valence-electron chi connectivity index (χ0n) is 8.14. The van der Waals surface area contributed by atoms with E-state index in [2.05, 4.69) is 4.98 Å². The van der Waals surface area contributed by atoms with Gasteiger partial charge in [-0.05, 0) is 12.5 Å². The number of aromatic nitrogens is 1. The summed E-state index contributed by atoms with van der Waals surface area (Å²) in [5, 5.41) is 0. The summed E-state index contributed by atoms with van der Waals surface area (Å²) in [5.74, 6) is -0.464. The third-order valence-electron chi connectivity index (χ3n) is 2.39. The number of nitrogens with two attached hydrogens (primary N) is 1. The first kappa shape index (κ1) is 9.64. The minimum absolute atomic E-state index is 0.0680. The van der Waals surface area contributed by atoms with Gasteiger partial charge in [0.2, 0.25) is 11.8 Å². The molecule has 0 saturated carbocycles. The van der Waals surface area contributed by atoms with Gasteiger partial charge in [-0.1, -0.05) is 0 Å². The van der Waals surface area contributed by atoms with Crippen molar-refractivity contribution in [3.63, 3.8) is 0 Å². The SMILES string of the molecule is NC(=O)c1cncc(N2CCCC2=O)c1. The molecule has 15 heavy (non-hydrogen) atoms. The minimum Gasteiger partial charge on any atom is -0.366 e. The highest BCUT2D eigenvalue weighted by atomic mass is 16.2. The van der Waals surface area contributed by atoms with Crippen LogP contribution >= 0.6 is 0 Å². The molecule has 1 aliphatic rings. The topological polar surface area (TPSA) is 76.3 Å². The van der Waals surface area contributed by atoms with Crippen molar-refractivity contribution in [1.29, 1.82) is 0 Å². The van der Waals surface area contributed by atoms with Crippen molar-refractivity contribution >= 4 is 17.5 Å². The second-order valence-electron chi connectivity index (χ2n) is 3.44. The van der Waals surface area contributed by atoms with E-state index in [9.17, 15) is 9.59 Å². The van der Waals surface area contributed by atoms with Crippen LogP contribution in [0.1, 0.15) is 23.2 Å². The van der Waals surface area contributed by atoms with Crippen molar-refractivity contribution in [1.82, 2.24) is 4.98 Å². The molecule has 2 rings (SSSR count). The average molecular weight is 205 g/mol. The van der Waals surface area contributed by atoms with E-state index in [0.717, 1.165) is 6.42 Å². The van der Waals surface area contributed by atoms with Crippen LogP contribution < -0.4 is 10.6 Å². The maximum atomic E-state index is 11.4. The molecule has 2 N–H and O–H groups in total. The number of carbonyl (C=O) groups is 2. The molecule has 0 atom stereocenters. The van der Waals surface area contributed by atoms with Crippen LogP contribution in [0.3, 0.4) is 0 Å². The Balaban J connectivity index is 2.32. The molecule has 1 aromatic heterocycles. The minimum atomic E-state index is -0.531. The molecule has 0 bridgehead atoms. The molecular formula is C10H11N3O2. The fourth-order valence-electron chi connectivity index (χ4n) is 1.63. The van der Waals surface area contributed by atoms with Gasteiger partial charge in [0, 0.05) is 19.2 Å². The third kappa shape index (κ3) is 1.81. The van der Waals surface area contributed by atoms with Crippen molar-refractivity contribution < 1.29 is 9.59 Å². The maximum Gasteiger partial charge on any atom is 0.250 e. The predicted molar refractivity (Wildman–Crippen MR) is 54.3 cm³/mol. The van der Waals surface area contributed by atoms with Gasteiger partial charge in [-0.15, -0.1) is 0 Å². The molecule has 1 fully saturated rings. The number of amides is 2. The first-order valence-corrected chi connectivity index (χ1v) is 4.74. The van der Waals surface area contributed by atoms with Gasteiger partial charge < -0.3 is 10.6 Å². The lowest BCUT2D eigenvalue weighted by Crippen LogP contribution is -2.24. The first-order valence-electron chi connectivity index (χ1n) is 4.74. The molecule has 5 heteroatoms. The zero-order valence-corrected chi connectivity index (χ0v) is 8.14. The van der Waals surface area contributed by atoms with E-state index in [4.69, 9.17) is 5.73 Å². The summed E-state index contributed by atoms with van der Waals surface area (Å²) in [6.45, 7) is 0.683. The highest BCUT2D eigenvalue weighted by Crippen LogP contribution is 2.20. The summed E-state index contributed by atoms with van der Waals surface area (Å²) in [7, 11) is 0. The van der Waals surface area contributed by atoms with Gasteiger partial charge in [0.25, 0.3) is 0 Å². The largest absolute Gasteiger partial charge is 0.366 e. The Morgan fingerprint density at radius 3 is 2.87 bits per heavy atom. The molecule has 1 saturated heterocycles. The second kappa shape index (κ2) is 3.68. The number of rotatable bonds is 2. The zero-order chi connectivity index (χ0) is 10.8. The molecule has 78 valence electrons. The summed E-state index contributed by atoms with van der Waals surface area (Å²) in [6, 6.07) is 1.60. The number of hydrogen-bond acceptors (Lipinski definition) is 3. The number of primary amides is 1. The average Bonchev–Trinajstić information content (AvgIpc) is 2.64. The standard InChI is InChI=1S/C10H11N3O2/c11-10(15)7-4-8(6-12-5-7)13-3-1-2-9(13)14/h4-6H,1-3H2,(H2,11,15). The fourth-order valence-corrected chi connectivity index (χ4v) is 1.63. The quantitative estimate of drug-likeness (QED) is 0.754. The number of carbonyl (C=O) groups excluding carboxylic acids is 2. The summed E-state index contributed by atoms with van der Waals surface area (Å²) in [4.78, 5) is 27.9. The van der Waals surface area contributed by atoms with E-state index in [1.54, 1.807) is 17.2 Å². The lowest BCUT2D eigenvalue weighted by Gasteiger charge is -2.15. The lowest BCUT2D eigenvalue weighted by atomic mass is 10.2. The fraction of sp³-hybridized carbons (Fsp3) is 0.300. The van der Waals surface area contributed by atoms with Crippen LogP contribution in [-0.4, -0.2) is 23.3 Å². The van der Waals surface area contributed by atoms with Crippen LogP contribution in [0, 0.1) is 0 Å². The van der Waals surface area contributed by atoms with Gasteiger partial charge >= 0.3 is 0 Å². The first-order chi connectivity index (χ1) is 7.18. The van der Waals surface area contributed by atoms with E-state index >= 15 is 0 Å². The van der Waals surface area contributed by atoms with E-state index in [0.29, 0.717) is 24.2 Å². The van der Waals surface area contributed by atoms with E-state index < -0.39 is 5.91 Å². The van der Waals surface area contributed by atoms with Crippen molar-refractivity contribution in [2.45, 2.75) is 12.8 Å². The van der Waals surface area contributed by atoms with Crippen molar-refractivity contribution in [2.24, 2.45) is 5.73 Å². The molecule has 5 nitrogen and oxygen atoms in total. The smallest absolute Gasteiger partial charge is 0.250 e. The van der Waals surface area contributed by atoms with Gasteiger partial charge in [0.15, 0.2) is 0 Å². The van der Waals surface area contributed by atoms with Crippen molar-refractivity contribution in [2.75, 3.05) is 11.4 Å². The molecule has 2 heterocycles. The Bertz CT molecular complexity index is 417. The Labute approximate surface area is 86.9 Å². The third-order valence-corrected chi connectivity index (χ3v) is 2.39. The maximum absolute atomic E-state index is 11.4. The highest BCUT2D eigenvalue weighted by Gasteiger charge is 2.22. The molecular weight excluding hydrogens is 194 g/mol. The molecule has 2 amide bonds. The van der Waals surface area contributed by atoms with E-state index in [-0.39, 0.29) is 5.91 Å². The Hall–Kier alpha value is -1.91. The van der Waals surface area contributed by atoms with Crippen LogP contribution in [0.15, 0.2) is 18.5 Å². The van der Waals surface area contributed by atoms with Crippen LogP contribution in [-0.2, 0) is 4.79 Å². The predicted octanol–water partition coefficient (Wildman–Crippen LogP) is 0.307. The van der Waals surface area contributed by atoms with Gasteiger partial charge in [-0.25, -0.2) is 0 Å². The number of pyridine rings is 1. The highest BCUT2D eigenvalue weighted by molar-refractivity contribution is 5.98. The van der Waals surface area contributed by atoms with E-state index in [1.807, 2.05) is 0 Å². The molecule has 0 radical (unpaired) electrons. The molecule has 1 aromatic rings. The Morgan fingerprint density at radius 1 is 1.47 bits per heavy atom. The van der Waals surface area contributed by atoms with Crippen molar-refractivity contribution in [3.05, 3.63) is 24.0 Å². The van der Waals surface area contributed by atoms with Crippen molar-refractivity contribution in [3.8, 4) is 0 Å². The van der Waals surface area contributed by atoms with Crippen LogP contribution in [0.2, 0.25) is 0 Å². The molecule has 0 aliphatic carbocycles. The lowest BCUT2D eigenvalue weighted by molar-refractivity contribution is -0.117. The van der Waals surface area contributed by atoms with E-state index in [1.165, 1.54) is 6.20 Å². The Morgan fingerprint density at radius 2 is 2.27 bits per heavy atom. The van der Waals surface area contributed by atoms with Gasteiger partial charge in [-0.2, -0.15) is 0 Å². The number of anilines is 1. The summed E-state index contributed by atoms with van der Waals surface area (Å²) in [6.07, 6.45) is 4.36. The van der Waals surface area contributed by atoms with Crippen LogP contribution in [0.25, 0.3) is 0 Å². The molecule has 0 unspecified atom stereocenters. The van der Waals surface area contributed by atoms with Crippen LogP contribution in [0.5, 0.6) is 0 Å². The number of hydrogen-bond donors (Lipinski definition) is 1. The summed E-state index contributed by atoms with van der Waals surface area (Å²) < 4.78 is 0. The summed E-state index contributed by atoms with van der Waals surface area (Å²) in [5.41, 5.74) is 6.11. The number of nitrogens with zero attached hydrogens (tertiary/aromatic N) is 2. The molecule has 1 aliphatic heterocycles. The van der Waals surface area contributed by atoms with Gasteiger partial charge in [0.1, 0.15) is 0 Å². The summed E-state index contributed by atoms with van der Waals surface area (Å²) >= 11 is 0. The monoisotopic (exact) mass is 205 g/mol. The molecule has 0 spiro atoms.